The number of hydrogen-bond acceptors (Lipinski definition) is 2. The van der Waals surface area contributed by atoms with Crippen LogP contribution in [0.25, 0.3) is 0 Å². The summed E-state index contributed by atoms with van der Waals surface area (Å²) in [4.78, 5) is 2.65. The van der Waals surface area contributed by atoms with E-state index < -0.39 is 0 Å². The molecule has 0 bridgehead atoms. The largest absolute Gasteiger partial charge is 0.308 e. The third-order valence-corrected chi connectivity index (χ3v) is 5.88. The number of halogens is 1. The molecule has 3 rings (SSSR count). The molecule has 2 nitrogen and oxygen atoms in total. The molecule has 1 N–H and O–H groups in total. The van der Waals surface area contributed by atoms with E-state index in [1.807, 2.05) is 0 Å². The summed E-state index contributed by atoms with van der Waals surface area (Å²) >= 11 is 6.18. The Morgan fingerprint density at radius 2 is 2.17 bits per heavy atom. The summed E-state index contributed by atoms with van der Waals surface area (Å²) < 4.78 is 0. The summed E-state index contributed by atoms with van der Waals surface area (Å²) in [6.07, 6.45) is 4.40. The maximum Gasteiger partial charge on any atom is 0.0653 e. The third-order valence-electron chi connectivity index (χ3n) is 5.66. The van der Waals surface area contributed by atoms with E-state index in [9.17, 15) is 0 Å². The van der Waals surface area contributed by atoms with Crippen LogP contribution in [0, 0.1) is 18.8 Å². The molecule has 3 unspecified atom stereocenters. The molecular formula is C19H28BClN2. The van der Waals surface area contributed by atoms with Crippen LogP contribution in [0.15, 0.2) is 12.1 Å². The number of rotatable bonds is 5. The lowest BCUT2D eigenvalue weighted by molar-refractivity contribution is 0.269. The van der Waals surface area contributed by atoms with Crippen LogP contribution in [0.4, 0.5) is 0 Å². The first-order valence-corrected chi connectivity index (χ1v) is 9.38. The summed E-state index contributed by atoms with van der Waals surface area (Å²) in [5.41, 5.74) is 4.22. The van der Waals surface area contributed by atoms with Gasteiger partial charge >= 0.3 is 0 Å². The fourth-order valence-electron chi connectivity index (χ4n) is 4.35. The summed E-state index contributed by atoms with van der Waals surface area (Å²) in [6.45, 7) is 9.17. The van der Waals surface area contributed by atoms with Crippen molar-refractivity contribution >= 4 is 19.4 Å². The van der Waals surface area contributed by atoms with Crippen molar-refractivity contribution in [1.29, 1.82) is 0 Å². The van der Waals surface area contributed by atoms with E-state index in [1.54, 1.807) is 0 Å². The van der Waals surface area contributed by atoms with Gasteiger partial charge < -0.3 is 10.2 Å². The van der Waals surface area contributed by atoms with Crippen LogP contribution in [0.1, 0.15) is 36.5 Å². The van der Waals surface area contributed by atoms with E-state index in [0.29, 0.717) is 6.04 Å². The second-order valence-corrected chi connectivity index (χ2v) is 7.97. The van der Waals surface area contributed by atoms with Gasteiger partial charge in [-0.3, -0.25) is 0 Å². The molecule has 1 fully saturated rings. The summed E-state index contributed by atoms with van der Waals surface area (Å²) in [7, 11) is 5.67. The molecule has 2 aliphatic heterocycles. The van der Waals surface area contributed by atoms with E-state index in [-0.39, 0.29) is 0 Å². The van der Waals surface area contributed by atoms with Gasteiger partial charge in [-0.15, -0.1) is 0 Å². The molecule has 2 heterocycles. The number of nitrogens with zero attached hydrogens (tertiary/aromatic N) is 1. The molecular weight excluding hydrogens is 302 g/mol. The molecule has 0 aliphatic carbocycles. The average molecular weight is 331 g/mol. The van der Waals surface area contributed by atoms with Crippen molar-refractivity contribution in [3.8, 4) is 0 Å². The minimum absolute atomic E-state index is 0.558. The molecule has 1 saturated heterocycles. The number of fused-ring (bicyclic) bond motifs is 1. The fraction of sp³-hybridized carbons (Fsp3) is 0.684. The van der Waals surface area contributed by atoms with Crippen LogP contribution in [0.3, 0.4) is 0 Å². The molecule has 2 aliphatic rings. The maximum absolute atomic E-state index is 6.18. The van der Waals surface area contributed by atoms with E-state index in [0.717, 1.165) is 49.1 Å². The average Bonchev–Trinajstić information content (AvgIpc) is 2.85. The fourth-order valence-corrected chi connectivity index (χ4v) is 4.65. The standard InChI is InChI=1S/C19H28BClN2/c1-13-6-17(21)7-16-9-22-18(8-19(13)16)12-23-10-14(2)15(11-23)4-3-5-20/h6-7,14-15,18,22H,3-5,8-12H2,1-2H3. The van der Waals surface area contributed by atoms with Crippen molar-refractivity contribution in [3.05, 3.63) is 33.8 Å². The number of nitrogens with one attached hydrogen (secondary N) is 1. The van der Waals surface area contributed by atoms with E-state index in [4.69, 9.17) is 19.4 Å². The third kappa shape index (κ3) is 4.13. The molecule has 0 aromatic heterocycles. The predicted octanol–water partition coefficient (Wildman–Crippen LogP) is 3.60. The van der Waals surface area contributed by atoms with Crippen LogP contribution >= 0.6 is 11.6 Å². The molecule has 0 saturated carbocycles. The highest BCUT2D eigenvalue weighted by molar-refractivity contribution is 6.30. The Hall–Kier alpha value is -0.505. The molecule has 0 amide bonds. The minimum Gasteiger partial charge on any atom is -0.308 e. The highest BCUT2D eigenvalue weighted by Gasteiger charge is 2.31. The number of aryl methyl sites for hydroxylation is 1. The first-order valence-electron chi connectivity index (χ1n) is 9.00. The predicted molar refractivity (Wildman–Crippen MR) is 99.4 cm³/mol. The minimum atomic E-state index is 0.558. The van der Waals surface area contributed by atoms with Gasteiger partial charge in [0.05, 0.1) is 7.85 Å². The van der Waals surface area contributed by atoms with Gasteiger partial charge in [0.25, 0.3) is 0 Å². The lowest BCUT2D eigenvalue weighted by Gasteiger charge is -2.31. The smallest absolute Gasteiger partial charge is 0.0653 e. The Morgan fingerprint density at radius 1 is 1.35 bits per heavy atom. The number of likely N-dealkylation sites (tertiary alicyclic amines) is 1. The van der Waals surface area contributed by atoms with Crippen LogP contribution in [-0.4, -0.2) is 38.4 Å². The van der Waals surface area contributed by atoms with Gasteiger partial charge in [-0.25, -0.2) is 0 Å². The Morgan fingerprint density at radius 3 is 2.96 bits per heavy atom. The summed E-state index contributed by atoms with van der Waals surface area (Å²) in [5, 5.41) is 4.57. The Bertz CT molecular complexity index is 548. The van der Waals surface area contributed by atoms with Gasteiger partial charge in [-0.1, -0.05) is 31.3 Å². The zero-order valence-electron chi connectivity index (χ0n) is 14.4. The SMILES string of the molecule is [B]CCCC1CN(CC2Cc3c(C)cc(Cl)cc3CN2)CC1C. The lowest BCUT2D eigenvalue weighted by atomic mass is 9.89. The second kappa shape index (κ2) is 7.59. The Balaban J connectivity index is 1.58. The van der Waals surface area contributed by atoms with Gasteiger partial charge in [0.15, 0.2) is 0 Å². The van der Waals surface area contributed by atoms with Crippen molar-refractivity contribution in [3.63, 3.8) is 0 Å². The molecule has 2 radical (unpaired) electrons. The van der Waals surface area contributed by atoms with Crippen LogP contribution in [-0.2, 0) is 13.0 Å². The first-order chi connectivity index (χ1) is 11.1. The molecule has 1 aromatic carbocycles. The molecule has 124 valence electrons. The van der Waals surface area contributed by atoms with Crippen molar-refractivity contribution in [2.24, 2.45) is 11.8 Å². The van der Waals surface area contributed by atoms with E-state index >= 15 is 0 Å². The highest BCUT2D eigenvalue weighted by Crippen LogP contribution is 2.29. The second-order valence-electron chi connectivity index (χ2n) is 7.53. The van der Waals surface area contributed by atoms with Crippen molar-refractivity contribution in [2.75, 3.05) is 19.6 Å². The van der Waals surface area contributed by atoms with Crippen LogP contribution in [0.2, 0.25) is 11.3 Å². The maximum atomic E-state index is 6.18. The topological polar surface area (TPSA) is 15.3 Å². The van der Waals surface area contributed by atoms with Gasteiger partial charge in [0, 0.05) is 37.2 Å². The van der Waals surface area contributed by atoms with E-state index in [2.05, 4.69) is 36.2 Å². The van der Waals surface area contributed by atoms with Gasteiger partial charge in [0.1, 0.15) is 0 Å². The molecule has 1 aromatic rings. The van der Waals surface area contributed by atoms with Crippen molar-refractivity contribution < 1.29 is 0 Å². The quantitative estimate of drug-likeness (QED) is 0.830. The first kappa shape index (κ1) is 17.3. The zero-order chi connectivity index (χ0) is 16.4. The zero-order valence-corrected chi connectivity index (χ0v) is 15.2. The van der Waals surface area contributed by atoms with Crippen molar-refractivity contribution in [2.45, 2.75) is 52.0 Å². The monoisotopic (exact) mass is 330 g/mol. The number of benzene rings is 1. The molecule has 23 heavy (non-hydrogen) atoms. The van der Waals surface area contributed by atoms with Gasteiger partial charge in [0.2, 0.25) is 0 Å². The van der Waals surface area contributed by atoms with E-state index in [1.165, 1.54) is 36.2 Å². The van der Waals surface area contributed by atoms with Crippen molar-refractivity contribution in [1.82, 2.24) is 10.2 Å². The normalized spacial score (nSPS) is 28.0. The highest BCUT2D eigenvalue weighted by atomic mass is 35.5. The molecule has 0 spiro atoms. The Labute approximate surface area is 147 Å². The Kier molecular flexibility index (Phi) is 5.71. The van der Waals surface area contributed by atoms with Crippen LogP contribution < -0.4 is 5.32 Å². The van der Waals surface area contributed by atoms with Crippen LogP contribution in [0.5, 0.6) is 0 Å². The molecule has 3 atom stereocenters. The van der Waals surface area contributed by atoms with Gasteiger partial charge in [-0.05, 0) is 60.4 Å². The van der Waals surface area contributed by atoms with Gasteiger partial charge in [-0.2, -0.15) is 0 Å². The number of hydrogen-bond donors (Lipinski definition) is 1. The lowest BCUT2D eigenvalue weighted by Crippen LogP contribution is -2.44. The molecule has 4 heteroatoms. The summed E-state index contributed by atoms with van der Waals surface area (Å²) in [6, 6.07) is 4.78. The summed E-state index contributed by atoms with van der Waals surface area (Å²) in [5.74, 6) is 1.63.